The molecule has 0 saturated carbocycles. The summed E-state index contributed by atoms with van der Waals surface area (Å²) in [5.41, 5.74) is 0.415. The van der Waals surface area contributed by atoms with Gasteiger partial charge < -0.3 is 10.1 Å². The number of carbonyl (C=O) groups is 2. The van der Waals surface area contributed by atoms with Gasteiger partial charge in [0.1, 0.15) is 5.75 Å². The fraction of sp³-hybridized carbons (Fsp3) is 0.222. The van der Waals surface area contributed by atoms with Gasteiger partial charge in [-0.2, -0.15) is 17.6 Å². The molecule has 2 aromatic rings. The first-order valence-corrected chi connectivity index (χ1v) is 8.22. The third-order valence-electron chi connectivity index (χ3n) is 3.56. The predicted molar refractivity (Wildman–Crippen MR) is 95.4 cm³/mol. The molecule has 0 bridgehead atoms. The van der Waals surface area contributed by atoms with Gasteiger partial charge in [0.2, 0.25) is 0 Å². The van der Waals surface area contributed by atoms with Crippen LogP contribution in [0.2, 0.25) is 5.02 Å². The summed E-state index contributed by atoms with van der Waals surface area (Å²) in [6.07, 6.45) is -8.64. The van der Waals surface area contributed by atoms with Gasteiger partial charge in [0, 0.05) is 5.69 Å². The third kappa shape index (κ3) is 5.13. The normalized spacial score (nSPS) is 11.3. The monoisotopic (exact) mass is 418 g/mol. The second-order valence-corrected chi connectivity index (χ2v) is 6.20. The van der Waals surface area contributed by atoms with Crippen molar-refractivity contribution in [3.05, 3.63) is 58.1 Å². The van der Waals surface area contributed by atoms with Gasteiger partial charge in [0.05, 0.1) is 10.6 Å². The van der Waals surface area contributed by atoms with Gasteiger partial charge in [-0.15, -0.1) is 0 Å². The summed E-state index contributed by atoms with van der Waals surface area (Å²) < 4.78 is 55.1. The molecule has 0 spiro atoms. The van der Waals surface area contributed by atoms with Gasteiger partial charge in [-0.3, -0.25) is 10.1 Å². The summed E-state index contributed by atoms with van der Waals surface area (Å²) in [5, 5.41) is 4.57. The van der Waals surface area contributed by atoms with Crippen LogP contribution in [0, 0.1) is 13.8 Å². The van der Waals surface area contributed by atoms with E-state index in [0.29, 0.717) is 0 Å². The molecular weight excluding hydrogens is 404 g/mol. The van der Waals surface area contributed by atoms with Crippen LogP contribution in [0.3, 0.4) is 0 Å². The minimum Gasteiger partial charge on any atom is -0.428 e. The van der Waals surface area contributed by atoms with Crippen LogP contribution >= 0.6 is 11.6 Å². The molecule has 0 unspecified atom stereocenters. The van der Waals surface area contributed by atoms with Crippen molar-refractivity contribution < 1.29 is 31.9 Å². The fourth-order valence-electron chi connectivity index (χ4n) is 2.34. The SMILES string of the molecule is Cc1cc(NC(=O)NC(=O)c2ccccc2Cl)cc(C)c1OC(F)(F)C(F)F. The van der Waals surface area contributed by atoms with Crippen molar-refractivity contribution in [1.29, 1.82) is 0 Å². The lowest BCUT2D eigenvalue weighted by Crippen LogP contribution is -2.35. The Hall–Kier alpha value is -2.81. The molecule has 0 atom stereocenters. The number of halogens is 5. The average molecular weight is 419 g/mol. The van der Waals surface area contributed by atoms with E-state index in [4.69, 9.17) is 11.6 Å². The highest BCUT2D eigenvalue weighted by Gasteiger charge is 2.44. The van der Waals surface area contributed by atoms with Crippen molar-refractivity contribution in [2.24, 2.45) is 0 Å². The Balaban J connectivity index is 2.11. The van der Waals surface area contributed by atoms with E-state index in [2.05, 4.69) is 15.4 Å². The molecule has 0 aliphatic heterocycles. The van der Waals surface area contributed by atoms with E-state index in [0.717, 1.165) is 0 Å². The summed E-state index contributed by atoms with van der Waals surface area (Å²) in [4.78, 5) is 24.0. The molecule has 2 N–H and O–H groups in total. The molecule has 0 heterocycles. The molecule has 0 saturated heterocycles. The topological polar surface area (TPSA) is 67.4 Å². The number of ether oxygens (including phenoxy) is 1. The number of rotatable bonds is 5. The minimum absolute atomic E-state index is 0.0876. The average Bonchev–Trinajstić information content (AvgIpc) is 2.58. The van der Waals surface area contributed by atoms with E-state index in [-0.39, 0.29) is 27.4 Å². The van der Waals surface area contributed by atoms with E-state index in [9.17, 15) is 27.2 Å². The number of nitrogens with one attached hydrogen (secondary N) is 2. The molecule has 28 heavy (non-hydrogen) atoms. The Labute approximate surface area is 162 Å². The van der Waals surface area contributed by atoms with E-state index >= 15 is 0 Å². The summed E-state index contributed by atoms with van der Waals surface area (Å²) >= 11 is 5.88. The van der Waals surface area contributed by atoms with Gasteiger partial charge in [-0.1, -0.05) is 23.7 Å². The number of hydrogen-bond donors (Lipinski definition) is 2. The lowest BCUT2D eigenvalue weighted by Gasteiger charge is -2.20. The highest BCUT2D eigenvalue weighted by molar-refractivity contribution is 6.34. The van der Waals surface area contributed by atoms with Crippen LogP contribution in [-0.4, -0.2) is 24.5 Å². The Morgan fingerprint density at radius 2 is 1.68 bits per heavy atom. The highest BCUT2D eigenvalue weighted by atomic mass is 35.5. The molecule has 0 radical (unpaired) electrons. The van der Waals surface area contributed by atoms with Crippen LogP contribution in [0.15, 0.2) is 36.4 Å². The zero-order valence-corrected chi connectivity index (χ0v) is 15.4. The number of hydrogen-bond acceptors (Lipinski definition) is 3. The predicted octanol–water partition coefficient (Wildman–Crippen LogP) is 5.16. The van der Waals surface area contributed by atoms with Crippen molar-refractivity contribution in [2.75, 3.05) is 5.32 Å². The third-order valence-corrected chi connectivity index (χ3v) is 3.89. The minimum atomic E-state index is -4.65. The van der Waals surface area contributed by atoms with Crippen LogP contribution in [-0.2, 0) is 0 Å². The molecular formula is C18H15ClF4N2O3. The van der Waals surface area contributed by atoms with Gasteiger partial charge in [0.15, 0.2) is 0 Å². The van der Waals surface area contributed by atoms with E-state index in [1.165, 1.54) is 38.1 Å². The largest absolute Gasteiger partial charge is 0.461 e. The lowest BCUT2D eigenvalue weighted by molar-refractivity contribution is -0.253. The Kier molecular flexibility index (Phi) is 6.50. The van der Waals surface area contributed by atoms with Gasteiger partial charge in [0.25, 0.3) is 5.91 Å². The molecule has 0 aliphatic carbocycles. The molecule has 0 aromatic heterocycles. The Morgan fingerprint density at radius 3 is 2.21 bits per heavy atom. The van der Waals surface area contributed by atoms with Gasteiger partial charge in [-0.25, -0.2) is 4.79 Å². The van der Waals surface area contributed by atoms with Crippen molar-refractivity contribution in [3.63, 3.8) is 0 Å². The summed E-state index contributed by atoms with van der Waals surface area (Å²) in [6, 6.07) is 7.68. The van der Waals surface area contributed by atoms with Crippen LogP contribution in [0.4, 0.5) is 28.0 Å². The molecule has 5 nitrogen and oxygen atoms in total. The van der Waals surface area contributed by atoms with Gasteiger partial charge in [-0.05, 0) is 49.2 Å². The Bertz CT molecular complexity index is 883. The second-order valence-electron chi connectivity index (χ2n) is 5.79. The van der Waals surface area contributed by atoms with E-state index in [1.807, 2.05) is 0 Å². The van der Waals surface area contributed by atoms with Crippen molar-refractivity contribution >= 4 is 29.2 Å². The number of urea groups is 1. The number of imide groups is 1. The summed E-state index contributed by atoms with van der Waals surface area (Å²) in [6.45, 7) is 2.70. The number of alkyl halides is 4. The van der Waals surface area contributed by atoms with E-state index < -0.39 is 30.2 Å². The van der Waals surface area contributed by atoms with E-state index in [1.54, 1.807) is 12.1 Å². The Morgan fingerprint density at radius 1 is 1.11 bits per heavy atom. The maximum Gasteiger partial charge on any atom is 0.461 e. The second kappa shape index (κ2) is 8.47. The zero-order valence-electron chi connectivity index (χ0n) is 14.7. The number of carbonyl (C=O) groups excluding carboxylic acids is 2. The molecule has 0 aliphatic rings. The van der Waals surface area contributed by atoms with Crippen LogP contribution in [0.1, 0.15) is 21.5 Å². The van der Waals surface area contributed by atoms with Crippen LogP contribution in [0.25, 0.3) is 0 Å². The number of aryl methyl sites for hydroxylation is 2. The maximum absolute atomic E-state index is 13.1. The first-order valence-electron chi connectivity index (χ1n) is 7.84. The molecule has 3 amide bonds. The quantitative estimate of drug-likeness (QED) is 0.659. The fourth-order valence-corrected chi connectivity index (χ4v) is 2.56. The maximum atomic E-state index is 13.1. The van der Waals surface area contributed by atoms with Crippen molar-refractivity contribution in [2.45, 2.75) is 26.4 Å². The lowest BCUT2D eigenvalue weighted by atomic mass is 10.1. The highest BCUT2D eigenvalue weighted by Crippen LogP contribution is 2.34. The summed E-state index contributed by atoms with van der Waals surface area (Å²) in [7, 11) is 0. The van der Waals surface area contributed by atoms with Crippen molar-refractivity contribution in [3.8, 4) is 5.75 Å². The molecule has 0 fully saturated rings. The molecule has 10 heteroatoms. The van der Waals surface area contributed by atoms with Crippen LogP contribution < -0.4 is 15.4 Å². The van der Waals surface area contributed by atoms with Gasteiger partial charge >= 0.3 is 18.6 Å². The first-order chi connectivity index (χ1) is 13.0. The van der Waals surface area contributed by atoms with Crippen molar-refractivity contribution in [1.82, 2.24) is 5.32 Å². The molecule has 150 valence electrons. The zero-order chi connectivity index (χ0) is 21.1. The molecule has 2 aromatic carbocycles. The number of amides is 3. The summed E-state index contributed by atoms with van der Waals surface area (Å²) in [5.74, 6) is -1.17. The number of benzene rings is 2. The smallest absolute Gasteiger partial charge is 0.428 e. The standard InChI is InChI=1S/C18H15ClF4N2O3/c1-9-7-11(8-10(2)14(9)28-18(22,23)16(20)21)24-17(27)25-15(26)12-5-3-4-6-13(12)19/h3-8,16H,1-2H3,(H2,24,25,26,27). The van der Waals surface area contributed by atoms with Crippen LogP contribution in [0.5, 0.6) is 5.75 Å². The molecule has 2 rings (SSSR count). The number of anilines is 1. The first kappa shape index (κ1) is 21.5.